The minimum atomic E-state index is 0.0333. The molecule has 6 nitrogen and oxygen atoms in total. The molecule has 0 radical (unpaired) electrons. The van der Waals surface area contributed by atoms with E-state index in [-0.39, 0.29) is 6.10 Å². The molecule has 0 aliphatic carbocycles. The van der Waals surface area contributed by atoms with Crippen LogP contribution in [0.2, 0.25) is 0 Å². The van der Waals surface area contributed by atoms with Gasteiger partial charge in [0.15, 0.2) is 11.5 Å². The second kappa shape index (κ2) is 5.81. The van der Waals surface area contributed by atoms with Crippen LogP contribution >= 0.6 is 0 Å². The zero-order valence-electron chi connectivity index (χ0n) is 11.3. The number of nitrogens with zero attached hydrogens (tertiary/aromatic N) is 2. The highest BCUT2D eigenvalue weighted by atomic mass is 16.6. The Hall–Kier alpha value is -2.24. The first-order valence-electron chi connectivity index (χ1n) is 6.80. The van der Waals surface area contributed by atoms with Crippen molar-refractivity contribution in [2.75, 3.05) is 18.5 Å². The lowest BCUT2D eigenvalue weighted by Crippen LogP contribution is -2.30. The fourth-order valence-electron chi connectivity index (χ4n) is 2.01. The summed E-state index contributed by atoms with van der Waals surface area (Å²) in [6, 6.07) is 8.16. The van der Waals surface area contributed by atoms with E-state index in [2.05, 4.69) is 15.5 Å². The third-order valence-corrected chi connectivity index (χ3v) is 3.08. The molecule has 2 heterocycles. The van der Waals surface area contributed by atoms with Crippen molar-refractivity contribution in [3.05, 3.63) is 30.2 Å². The number of benzene rings is 1. The molecule has 1 aromatic carbocycles. The summed E-state index contributed by atoms with van der Waals surface area (Å²) >= 11 is 0. The number of hydrogen-bond acceptors (Lipinski definition) is 6. The Morgan fingerprint density at radius 1 is 1.25 bits per heavy atom. The molecule has 1 aliphatic heterocycles. The van der Waals surface area contributed by atoms with Crippen LogP contribution in [0.15, 0.2) is 28.7 Å². The van der Waals surface area contributed by atoms with E-state index >= 15 is 0 Å². The van der Waals surface area contributed by atoms with Gasteiger partial charge in [0.1, 0.15) is 12.7 Å². The van der Waals surface area contributed by atoms with Gasteiger partial charge in [-0.3, -0.25) is 0 Å². The first-order chi connectivity index (χ1) is 9.85. The summed E-state index contributed by atoms with van der Waals surface area (Å²) in [6.45, 7) is 3.23. The Labute approximate surface area is 117 Å². The second-order valence-electron chi connectivity index (χ2n) is 4.57. The van der Waals surface area contributed by atoms with Crippen molar-refractivity contribution in [1.29, 1.82) is 0 Å². The molecule has 1 aliphatic rings. The number of rotatable bonds is 5. The van der Waals surface area contributed by atoms with E-state index in [1.54, 1.807) is 0 Å². The molecule has 0 spiro atoms. The van der Waals surface area contributed by atoms with Crippen LogP contribution in [0.4, 0.5) is 6.01 Å². The van der Waals surface area contributed by atoms with Crippen molar-refractivity contribution in [3.8, 4) is 11.5 Å². The number of anilines is 1. The maximum absolute atomic E-state index is 5.86. The number of ether oxygens (including phenoxy) is 2. The highest BCUT2D eigenvalue weighted by Gasteiger charge is 2.20. The van der Waals surface area contributed by atoms with Crippen molar-refractivity contribution in [2.24, 2.45) is 0 Å². The van der Waals surface area contributed by atoms with Gasteiger partial charge in [0, 0.05) is 19.4 Å². The first kappa shape index (κ1) is 12.8. The lowest BCUT2D eigenvalue weighted by Gasteiger charge is -2.26. The Balaban J connectivity index is 1.48. The lowest BCUT2D eigenvalue weighted by molar-refractivity contribution is 0.0873. The topological polar surface area (TPSA) is 69.4 Å². The first-order valence-corrected chi connectivity index (χ1v) is 6.80. The molecule has 2 aromatic rings. The van der Waals surface area contributed by atoms with Crippen LogP contribution < -0.4 is 14.8 Å². The van der Waals surface area contributed by atoms with Gasteiger partial charge in [-0.05, 0) is 12.1 Å². The minimum absolute atomic E-state index is 0.0333. The predicted molar refractivity (Wildman–Crippen MR) is 73.1 cm³/mol. The quantitative estimate of drug-likeness (QED) is 0.902. The Morgan fingerprint density at radius 2 is 2.10 bits per heavy atom. The summed E-state index contributed by atoms with van der Waals surface area (Å²) in [5.41, 5.74) is 0. The number of fused-ring (bicyclic) bond motifs is 1. The molecule has 6 heteroatoms. The van der Waals surface area contributed by atoms with Gasteiger partial charge in [0.05, 0.1) is 0 Å². The molecule has 0 amide bonds. The lowest BCUT2D eigenvalue weighted by atomic mass is 10.2. The normalized spacial score (nSPS) is 16.9. The minimum Gasteiger partial charge on any atom is -0.486 e. The number of para-hydroxylation sites is 2. The van der Waals surface area contributed by atoms with Crippen molar-refractivity contribution < 1.29 is 13.9 Å². The van der Waals surface area contributed by atoms with E-state index < -0.39 is 0 Å². The molecule has 0 saturated carbocycles. The number of aromatic nitrogens is 2. The SMILES string of the molecule is CCc1nnc(NCCC2COc3ccccc3O2)o1. The molecule has 3 rings (SSSR count). The highest BCUT2D eigenvalue weighted by Crippen LogP contribution is 2.31. The molecule has 106 valence electrons. The third kappa shape index (κ3) is 2.84. The predicted octanol–water partition coefficient (Wildman–Crippen LogP) is 2.27. The summed E-state index contributed by atoms with van der Waals surface area (Å²) in [6.07, 6.45) is 1.58. The number of hydrogen-bond donors (Lipinski definition) is 1. The van der Waals surface area contributed by atoms with Crippen LogP contribution in [0.3, 0.4) is 0 Å². The molecule has 0 saturated heterocycles. The van der Waals surface area contributed by atoms with Crippen molar-refractivity contribution in [2.45, 2.75) is 25.9 Å². The van der Waals surface area contributed by atoms with Gasteiger partial charge in [0.2, 0.25) is 5.89 Å². The second-order valence-corrected chi connectivity index (χ2v) is 4.57. The molecule has 0 bridgehead atoms. The molecular formula is C14H17N3O3. The highest BCUT2D eigenvalue weighted by molar-refractivity contribution is 5.40. The van der Waals surface area contributed by atoms with Gasteiger partial charge in [-0.15, -0.1) is 5.10 Å². The van der Waals surface area contributed by atoms with E-state index in [1.165, 1.54) is 0 Å². The van der Waals surface area contributed by atoms with Crippen LogP contribution in [0.25, 0.3) is 0 Å². The van der Waals surface area contributed by atoms with E-state index in [1.807, 2.05) is 31.2 Å². The Kier molecular flexibility index (Phi) is 3.71. The van der Waals surface area contributed by atoms with Gasteiger partial charge in [-0.25, -0.2) is 0 Å². The zero-order chi connectivity index (χ0) is 13.8. The van der Waals surface area contributed by atoms with Gasteiger partial charge in [0.25, 0.3) is 0 Å². The van der Waals surface area contributed by atoms with Gasteiger partial charge in [-0.1, -0.05) is 24.2 Å². The summed E-state index contributed by atoms with van der Waals surface area (Å²) in [5, 5.41) is 10.9. The van der Waals surface area contributed by atoms with Gasteiger partial charge < -0.3 is 19.2 Å². The van der Waals surface area contributed by atoms with Gasteiger partial charge >= 0.3 is 6.01 Å². The summed E-state index contributed by atoms with van der Waals surface area (Å²) < 4.78 is 16.9. The van der Waals surface area contributed by atoms with Crippen molar-refractivity contribution >= 4 is 6.01 Å². The maximum Gasteiger partial charge on any atom is 0.315 e. The van der Waals surface area contributed by atoms with Crippen LogP contribution in [-0.4, -0.2) is 29.5 Å². The molecular weight excluding hydrogens is 258 g/mol. The van der Waals surface area contributed by atoms with Crippen LogP contribution in [0.1, 0.15) is 19.2 Å². The maximum atomic E-state index is 5.86. The Bertz CT molecular complexity index is 570. The van der Waals surface area contributed by atoms with E-state index in [0.29, 0.717) is 25.1 Å². The fraction of sp³-hybridized carbons (Fsp3) is 0.429. The zero-order valence-corrected chi connectivity index (χ0v) is 11.3. The number of aryl methyl sites for hydroxylation is 1. The van der Waals surface area contributed by atoms with E-state index in [4.69, 9.17) is 13.9 Å². The third-order valence-electron chi connectivity index (χ3n) is 3.08. The van der Waals surface area contributed by atoms with E-state index in [0.717, 1.165) is 24.3 Å². The van der Waals surface area contributed by atoms with Crippen LogP contribution in [-0.2, 0) is 6.42 Å². The number of nitrogens with one attached hydrogen (secondary N) is 1. The molecule has 1 atom stereocenters. The molecule has 1 N–H and O–H groups in total. The smallest absolute Gasteiger partial charge is 0.315 e. The average molecular weight is 275 g/mol. The standard InChI is InChI=1S/C14H17N3O3/c1-2-13-16-17-14(20-13)15-8-7-10-9-18-11-5-3-4-6-12(11)19-10/h3-6,10H,2,7-9H2,1H3,(H,15,17). The largest absolute Gasteiger partial charge is 0.486 e. The van der Waals surface area contributed by atoms with E-state index in [9.17, 15) is 0 Å². The summed E-state index contributed by atoms with van der Waals surface area (Å²) in [4.78, 5) is 0. The molecule has 0 fully saturated rings. The van der Waals surface area contributed by atoms with Crippen molar-refractivity contribution in [1.82, 2.24) is 10.2 Å². The Morgan fingerprint density at radius 3 is 2.90 bits per heavy atom. The molecule has 20 heavy (non-hydrogen) atoms. The van der Waals surface area contributed by atoms with Gasteiger partial charge in [-0.2, -0.15) is 0 Å². The van der Waals surface area contributed by atoms with Crippen LogP contribution in [0, 0.1) is 0 Å². The molecule has 1 aromatic heterocycles. The van der Waals surface area contributed by atoms with Crippen molar-refractivity contribution in [3.63, 3.8) is 0 Å². The fourth-order valence-corrected chi connectivity index (χ4v) is 2.01. The molecule has 1 unspecified atom stereocenters. The summed E-state index contributed by atoms with van der Waals surface area (Å²) in [7, 11) is 0. The average Bonchev–Trinajstić information content (AvgIpc) is 2.95. The summed E-state index contributed by atoms with van der Waals surface area (Å²) in [5.74, 6) is 2.25. The van der Waals surface area contributed by atoms with Crippen LogP contribution in [0.5, 0.6) is 11.5 Å². The monoisotopic (exact) mass is 275 g/mol.